The molecule has 2 atom stereocenters. The van der Waals surface area contributed by atoms with E-state index in [1.165, 1.54) is 6.07 Å². The molecule has 0 amide bonds. The van der Waals surface area contributed by atoms with Crippen molar-refractivity contribution in [2.24, 2.45) is 0 Å². The minimum absolute atomic E-state index is 0.133. The van der Waals surface area contributed by atoms with Crippen molar-refractivity contribution in [1.82, 2.24) is 5.32 Å². The summed E-state index contributed by atoms with van der Waals surface area (Å²) >= 11 is 1.58. The third kappa shape index (κ3) is 3.05. The monoisotopic (exact) mass is 269 g/mol. The van der Waals surface area contributed by atoms with Gasteiger partial charge in [-0.2, -0.15) is 0 Å². The Labute approximate surface area is 112 Å². The topological polar surface area (TPSA) is 32.3 Å². The van der Waals surface area contributed by atoms with Crippen LogP contribution < -0.4 is 5.32 Å². The number of aliphatic hydroxyl groups is 1. The van der Waals surface area contributed by atoms with Gasteiger partial charge in [-0.1, -0.05) is 19.1 Å². The van der Waals surface area contributed by atoms with E-state index in [-0.39, 0.29) is 11.9 Å². The molecule has 0 aliphatic carbocycles. The molecule has 0 bridgehead atoms. The van der Waals surface area contributed by atoms with Crippen LogP contribution in [0.5, 0.6) is 0 Å². The summed E-state index contributed by atoms with van der Waals surface area (Å²) in [6, 6.07) is 5.39. The first kappa shape index (κ1) is 13.8. The van der Waals surface area contributed by atoms with Gasteiger partial charge in [-0.15, -0.1) is 11.8 Å². The first-order chi connectivity index (χ1) is 8.53. The third-order valence-electron chi connectivity index (χ3n) is 3.52. The van der Waals surface area contributed by atoms with Crippen LogP contribution in [0, 0.1) is 5.82 Å². The minimum Gasteiger partial charge on any atom is -0.389 e. The summed E-state index contributed by atoms with van der Waals surface area (Å²) < 4.78 is 13.7. The van der Waals surface area contributed by atoms with Crippen LogP contribution in [0.25, 0.3) is 0 Å². The molecule has 4 heteroatoms. The van der Waals surface area contributed by atoms with E-state index < -0.39 is 5.60 Å². The summed E-state index contributed by atoms with van der Waals surface area (Å²) in [7, 11) is 0. The smallest absolute Gasteiger partial charge is 0.137 e. The maximum Gasteiger partial charge on any atom is 0.137 e. The number of hydrogen-bond donors (Lipinski definition) is 2. The number of hydrogen-bond acceptors (Lipinski definition) is 3. The lowest BCUT2D eigenvalue weighted by Crippen LogP contribution is -2.39. The van der Waals surface area contributed by atoms with Crippen molar-refractivity contribution in [3.63, 3.8) is 0 Å². The number of rotatable bonds is 4. The van der Waals surface area contributed by atoms with Crippen LogP contribution in [-0.2, 0) is 0 Å². The molecule has 0 radical (unpaired) electrons. The predicted molar refractivity (Wildman–Crippen MR) is 73.4 cm³/mol. The molecule has 2 unspecified atom stereocenters. The molecule has 0 saturated carbocycles. The van der Waals surface area contributed by atoms with Crippen molar-refractivity contribution in [1.29, 1.82) is 0 Å². The molecular weight excluding hydrogens is 249 g/mol. The van der Waals surface area contributed by atoms with Crippen molar-refractivity contribution < 1.29 is 9.50 Å². The summed E-state index contributed by atoms with van der Waals surface area (Å²) in [5, 5.41) is 13.4. The first-order valence-corrected chi connectivity index (χ1v) is 7.39. The van der Waals surface area contributed by atoms with Gasteiger partial charge in [0, 0.05) is 17.5 Å². The lowest BCUT2D eigenvalue weighted by Gasteiger charge is -2.30. The highest BCUT2D eigenvalue weighted by molar-refractivity contribution is 7.99. The quantitative estimate of drug-likeness (QED) is 0.881. The molecule has 2 rings (SSSR count). The van der Waals surface area contributed by atoms with E-state index in [0.717, 1.165) is 22.6 Å². The Morgan fingerprint density at radius 3 is 3.06 bits per heavy atom. The van der Waals surface area contributed by atoms with E-state index in [9.17, 15) is 9.50 Å². The van der Waals surface area contributed by atoms with Crippen molar-refractivity contribution in [3.8, 4) is 0 Å². The summed E-state index contributed by atoms with van der Waals surface area (Å²) in [5.41, 5.74) is 0.330. The molecule has 18 heavy (non-hydrogen) atoms. The predicted octanol–water partition coefficient (Wildman–Crippen LogP) is 3.11. The molecule has 1 aromatic carbocycles. The fourth-order valence-electron chi connectivity index (χ4n) is 2.07. The average Bonchev–Trinajstić information content (AvgIpc) is 2.37. The summed E-state index contributed by atoms with van der Waals surface area (Å²) in [5.74, 6) is 0.783. The van der Waals surface area contributed by atoms with Gasteiger partial charge in [0.15, 0.2) is 0 Å². The number of benzene rings is 1. The summed E-state index contributed by atoms with van der Waals surface area (Å²) in [6.45, 7) is 4.32. The Morgan fingerprint density at radius 2 is 2.33 bits per heavy atom. The molecule has 1 heterocycles. The SMILES string of the molecule is CCC(C)(O)CNC1CCSc2c(F)cccc21. The molecule has 0 aromatic heterocycles. The molecule has 2 nitrogen and oxygen atoms in total. The van der Waals surface area contributed by atoms with E-state index in [1.807, 2.05) is 19.9 Å². The van der Waals surface area contributed by atoms with Crippen LogP contribution >= 0.6 is 11.8 Å². The fourth-order valence-corrected chi connectivity index (χ4v) is 3.21. The van der Waals surface area contributed by atoms with Crippen molar-refractivity contribution in [3.05, 3.63) is 29.6 Å². The van der Waals surface area contributed by atoms with E-state index in [1.54, 1.807) is 17.8 Å². The maximum absolute atomic E-state index is 13.7. The second-order valence-electron chi connectivity index (χ2n) is 5.08. The zero-order valence-electron chi connectivity index (χ0n) is 10.9. The Kier molecular flexibility index (Phi) is 4.30. The second kappa shape index (κ2) is 5.59. The first-order valence-electron chi connectivity index (χ1n) is 6.40. The number of nitrogens with one attached hydrogen (secondary N) is 1. The zero-order valence-corrected chi connectivity index (χ0v) is 11.7. The molecule has 0 fully saturated rings. The molecule has 0 saturated heterocycles. The number of fused-ring (bicyclic) bond motifs is 1. The summed E-state index contributed by atoms with van der Waals surface area (Å²) in [6.07, 6.45) is 1.68. The molecule has 1 aliphatic rings. The van der Waals surface area contributed by atoms with Crippen LogP contribution in [0.15, 0.2) is 23.1 Å². The van der Waals surface area contributed by atoms with Gasteiger partial charge in [0.25, 0.3) is 0 Å². The molecule has 2 N–H and O–H groups in total. The van der Waals surface area contributed by atoms with E-state index >= 15 is 0 Å². The molecule has 1 aliphatic heterocycles. The lowest BCUT2D eigenvalue weighted by atomic mass is 10.00. The van der Waals surface area contributed by atoms with Crippen LogP contribution in [0.4, 0.5) is 4.39 Å². The van der Waals surface area contributed by atoms with Gasteiger partial charge in [0.1, 0.15) is 5.82 Å². The Morgan fingerprint density at radius 1 is 1.56 bits per heavy atom. The standard InChI is InChI=1S/C14H20FNOS/c1-3-14(2,17)9-16-12-7-8-18-13-10(12)5-4-6-11(13)15/h4-6,12,16-17H,3,7-9H2,1-2H3. The summed E-state index contributed by atoms with van der Waals surface area (Å²) in [4.78, 5) is 0.761. The highest BCUT2D eigenvalue weighted by atomic mass is 32.2. The van der Waals surface area contributed by atoms with E-state index in [4.69, 9.17) is 0 Å². The van der Waals surface area contributed by atoms with Gasteiger partial charge in [-0.05, 0) is 37.1 Å². The normalized spacial score (nSPS) is 22.3. The Bertz CT molecular complexity index is 422. The second-order valence-corrected chi connectivity index (χ2v) is 6.18. The largest absolute Gasteiger partial charge is 0.389 e. The number of thioether (sulfide) groups is 1. The van der Waals surface area contributed by atoms with Crippen LogP contribution in [0.1, 0.15) is 38.3 Å². The average molecular weight is 269 g/mol. The zero-order chi connectivity index (χ0) is 13.2. The third-order valence-corrected chi connectivity index (χ3v) is 4.68. The fraction of sp³-hybridized carbons (Fsp3) is 0.571. The van der Waals surface area contributed by atoms with Gasteiger partial charge in [0.05, 0.1) is 5.60 Å². The van der Waals surface area contributed by atoms with Crippen LogP contribution in [0.2, 0.25) is 0 Å². The highest BCUT2D eigenvalue weighted by Crippen LogP contribution is 2.37. The van der Waals surface area contributed by atoms with Crippen LogP contribution in [-0.4, -0.2) is 23.0 Å². The van der Waals surface area contributed by atoms with Crippen molar-refractivity contribution in [2.75, 3.05) is 12.3 Å². The highest BCUT2D eigenvalue weighted by Gasteiger charge is 2.25. The Hall–Kier alpha value is -0.580. The molecular formula is C14H20FNOS. The van der Waals surface area contributed by atoms with Crippen LogP contribution in [0.3, 0.4) is 0 Å². The molecule has 1 aromatic rings. The van der Waals surface area contributed by atoms with E-state index in [0.29, 0.717) is 13.0 Å². The Balaban J connectivity index is 2.11. The van der Waals surface area contributed by atoms with Gasteiger partial charge in [-0.3, -0.25) is 0 Å². The van der Waals surface area contributed by atoms with Gasteiger partial charge >= 0.3 is 0 Å². The lowest BCUT2D eigenvalue weighted by molar-refractivity contribution is 0.0525. The van der Waals surface area contributed by atoms with Gasteiger partial charge in [0.2, 0.25) is 0 Å². The molecule has 0 spiro atoms. The molecule has 100 valence electrons. The van der Waals surface area contributed by atoms with Gasteiger partial charge in [-0.25, -0.2) is 4.39 Å². The maximum atomic E-state index is 13.7. The van der Waals surface area contributed by atoms with Crippen molar-refractivity contribution >= 4 is 11.8 Å². The van der Waals surface area contributed by atoms with E-state index in [2.05, 4.69) is 5.32 Å². The number of halogens is 1. The minimum atomic E-state index is -0.696. The van der Waals surface area contributed by atoms with Gasteiger partial charge < -0.3 is 10.4 Å². The van der Waals surface area contributed by atoms with Crippen molar-refractivity contribution in [2.45, 2.75) is 43.2 Å².